The summed E-state index contributed by atoms with van der Waals surface area (Å²) in [6.07, 6.45) is 0.146. The molecular weight excluding hydrogens is 416 g/mol. The first kappa shape index (κ1) is 20.7. The van der Waals surface area contributed by atoms with E-state index in [0.29, 0.717) is 22.3 Å². The smallest absolute Gasteiger partial charge is 0.267 e. The van der Waals surface area contributed by atoms with Gasteiger partial charge in [-0.05, 0) is 24.3 Å². The van der Waals surface area contributed by atoms with Crippen molar-refractivity contribution in [2.24, 2.45) is 7.05 Å². The Labute approximate surface area is 182 Å². The summed E-state index contributed by atoms with van der Waals surface area (Å²) in [6.45, 7) is 0.212. The topological polar surface area (TPSA) is 94.5 Å². The van der Waals surface area contributed by atoms with Crippen molar-refractivity contribution >= 4 is 49.4 Å². The molecule has 0 radical (unpaired) electrons. The molecule has 31 heavy (non-hydrogen) atoms. The second-order valence-electron chi connectivity index (χ2n) is 6.90. The van der Waals surface area contributed by atoms with Crippen LogP contribution in [0.1, 0.15) is 16.9 Å². The number of aromatic nitrogens is 2. The summed E-state index contributed by atoms with van der Waals surface area (Å²) < 4.78 is 13.5. The zero-order chi connectivity index (χ0) is 22.0. The Hall–Kier alpha value is -3.59. The van der Waals surface area contributed by atoms with Crippen LogP contribution >= 0.6 is 11.3 Å². The molecule has 160 valence electrons. The van der Waals surface area contributed by atoms with Crippen LogP contribution in [-0.4, -0.2) is 42.1 Å². The Morgan fingerprint density at radius 3 is 2.58 bits per heavy atom. The standard InChI is InChI=1S/C22H22N4O4S/c1-26-15-12-18(30-3)17(29-2)11-13(15)10-16(26)21(28)23-9-8-20(27)25-22-24-14-6-4-5-7-19(14)31-22/h4-7,10-12H,8-9H2,1-3H3,(H,23,28)(H,24,25,27). The predicted molar refractivity (Wildman–Crippen MR) is 121 cm³/mol. The molecule has 2 heterocycles. The third-order valence-corrected chi connectivity index (χ3v) is 5.91. The van der Waals surface area contributed by atoms with Crippen molar-refractivity contribution < 1.29 is 19.1 Å². The Balaban J connectivity index is 1.38. The summed E-state index contributed by atoms with van der Waals surface area (Å²) in [6, 6.07) is 13.1. The molecule has 0 aliphatic rings. The molecule has 9 heteroatoms. The van der Waals surface area contributed by atoms with Gasteiger partial charge in [0.2, 0.25) is 5.91 Å². The fourth-order valence-electron chi connectivity index (χ4n) is 3.37. The quantitative estimate of drug-likeness (QED) is 0.460. The average molecular weight is 439 g/mol. The first-order valence-electron chi connectivity index (χ1n) is 9.65. The third kappa shape index (κ3) is 4.17. The minimum Gasteiger partial charge on any atom is -0.493 e. The monoisotopic (exact) mass is 438 g/mol. The zero-order valence-corrected chi connectivity index (χ0v) is 18.2. The minimum absolute atomic E-state index is 0.146. The second-order valence-corrected chi connectivity index (χ2v) is 7.93. The molecule has 0 fully saturated rings. The van der Waals surface area contributed by atoms with Gasteiger partial charge in [0.05, 0.1) is 30.0 Å². The van der Waals surface area contributed by atoms with E-state index in [1.807, 2.05) is 43.4 Å². The summed E-state index contributed by atoms with van der Waals surface area (Å²) in [5.41, 5.74) is 2.17. The normalized spacial score (nSPS) is 10.9. The number of fused-ring (bicyclic) bond motifs is 2. The number of hydrogen-bond acceptors (Lipinski definition) is 6. The van der Waals surface area contributed by atoms with Gasteiger partial charge in [-0.25, -0.2) is 4.98 Å². The van der Waals surface area contributed by atoms with Gasteiger partial charge in [0, 0.05) is 31.5 Å². The lowest BCUT2D eigenvalue weighted by Crippen LogP contribution is -2.29. The van der Waals surface area contributed by atoms with Crippen LogP contribution in [0, 0.1) is 0 Å². The van der Waals surface area contributed by atoms with Gasteiger partial charge in [-0.3, -0.25) is 9.59 Å². The number of hydrogen-bond donors (Lipinski definition) is 2. The Morgan fingerprint density at radius 1 is 1.10 bits per heavy atom. The number of carbonyl (C=O) groups excluding carboxylic acids is 2. The maximum absolute atomic E-state index is 12.7. The molecule has 2 N–H and O–H groups in total. The van der Waals surface area contributed by atoms with E-state index in [1.54, 1.807) is 24.9 Å². The van der Waals surface area contributed by atoms with Gasteiger partial charge in [-0.1, -0.05) is 23.5 Å². The van der Waals surface area contributed by atoms with Crippen molar-refractivity contribution in [3.05, 3.63) is 48.2 Å². The molecule has 4 aromatic rings. The van der Waals surface area contributed by atoms with Crippen LogP contribution in [0.15, 0.2) is 42.5 Å². The van der Waals surface area contributed by atoms with Crippen molar-refractivity contribution in [3.63, 3.8) is 0 Å². The van der Waals surface area contributed by atoms with E-state index in [0.717, 1.165) is 21.1 Å². The van der Waals surface area contributed by atoms with Crippen molar-refractivity contribution in [2.45, 2.75) is 6.42 Å². The van der Waals surface area contributed by atoms with Crippen LogP contribution in [0.4, 0.5) is 5.13 Å². The van der Waals surface area contributed by atoms with E-state index in [4.69, 9.17) is 9.47 Å². The summed E-state index contributed by atoms with van der Waals surface area (Å²) in [7, 11) is 4.95. The van der Waals surface area contributed by atoms with Gasteiger partial charge in [0.1, 0.15) is 5.69 Å². The van der Waals surface area contributed by atoms with Crippen LogP contribution in [-0.2, 0) is 11.8 Å². The van der Waals surface area contributed by atoms with Crippen LogP contribution in [0.25, 0.3) is 21.1 Å². The molecule has 2 aromatic carbocycles. The fraction of sp³-hybridized carbons (Fsp3) is 0.227. The highest BCUT2D eigenvalue weighted by atomic mass is 32.1. The molecule has 2 aromatic heterocycles. The van der Waals surface area contributed by atoms with Crippen LogP contribution in [0.2, 0.25) is 0 Å². The van der Waals surface area contributed by atoms with Gasteiger partial charge >= 0.3 is 0 Å². The number of carbonyl (C=O) groups is 2. The van der Waals surface area contributed by atoms with E-state index in [1.165, 1.54) is 11.3 Å². The summed E-state index contributed by atoms with van der Waals surface area (Å²) in [4.78, 5) is 29.3. The highest BCUT2D eigenvalue weighted by Gasteiger charge is 2.16. The molecule has 0 spiro atoms. The van der Waals surface area contributed by atoms with Crippen LogP contribution in [0.3, 0.4) is 0 Å². The van der Waals surface area contributed by atoms with Gasteiger partial charge in [0.15, 0.2) is 16.6 Å². The number of ether oxygens (including phenoxy) is 2. The highest BCUT2D eigenvalue weighted by Crippen LogP contribution is 2.33. The number of aryl methyl sites for hydroxylation is 1. The maximum atomic E-state index is 12.7. The average Bonchev–Trinajstić information content (AvgIpc) is 3.32. The second kappa shape index (κ2) is 8.65. The molecule has 0 aliphatic carbocycles. The van der Waals surface area contributed by atoms with E-state index in [-0.39, 0.29) is 24.8 Å². The van der Waals surface area contributed by atoms with Gasteiger partial charge < -0.3 is 24.7 Å². The molecule has 4 rings (SSSR count). The number of methoxy groups -OCH3 is 2. The molecule has 0 atom stereocenters. The predicted octanol–water partition coefficient (Wildman–Crippen LogP) is 3.56. The van der Waals surface area contributed by atoms with Crippen molar-refractivity contribution in [3.8, 4) is 11.5 Å². The molecule has 2 amide bonds. The van der Waals surface area contributed by atoms with Gasteiger partial charge in [-0.15, -0.1) is 0 Å². The van der Waals surface area contributed by atoms with Crippen LogP contribution in [0.5, 0.6) is 11.5 Å². The maximum Gasteiger partial charge on any atom is 0.267 e. The number of benzene rings is 2. The van der Waals surface area contributed by atoms with E-state index in [2.05, 4.69) is 15.6 Å². The van der Waals surface area contributed by atoms with E-state index < -0.39 is 0 Å². The Bertz CT molecular complexity index is 1240. The number of amides is 2. The van der Waals surface area contributed by atoms with E-state index >= 15 is 0 Å². The van der Waals surface area contributed by atoms with Gasteiger partial charge in [0.25, 0.3) is 5.91 Å². The number of nitrogens with one attached hydrogen (secondary N) is 2. The SMILES string of the molecule is COc1cc2cc(C(=O)NCCC(=O)Nc3nc4ccccc4s3)n(C)c2cc1OC. The van der Waals surface area contributed by atoms with Crippen molar-refractivity contribution in [1.29, 1.82) is 0 Å². The lowest BCUT2D eigenvalue weighted by Gasteiger charge is -2.09. The highest BCUT2D eigenvalue weighted by molar-refractivity contribution is 7.22. The van der Waals surface area contributed by atoms with E-state index in [9.17, 15) is 9.59 Å². The molecule has 0 unspecified atom stereocenters. The third-order valence-electron chi connectivity index (χ3n) is 4.96. The molecular formula is C22H22N4O4S. The lowest BCUT2D eigenvalue weighted by molar-refractivity contribution is -0.116. The number of anilines is 1. The number of thiazole rings is 1. The number of rotatable bonds is 7. The first-order chi connectivity index (χ1) is 15.0. The summed E-state index contributed by atoms with van der Waals surface area (Å²) in [5, 5.41) is 7.00. The Morgan fingerprint density at radius 2 is 1.84 bits per heavy atom. The van der Waals surface area contributed by atoms with Crippen molar-refractivity contribution in [2.75, 3.05) is 26.1 Å². The Kier molecular flexibility index (Phi) is 5.77. The largest absolute Gasteiger partial charge is 0.493 e. The zero-order valence-electron chi connectivity index (χ0n) is 17.4. The molecule has 8 nitrogen and oxygen atoms in total. The van der Waals surface area contributed by atoms with Crippen molar-refractivity contribution in [1.82, 2.24) is 14.9 Å². The lowest BCUT2D eigenvalue weighted by atomic mass is 10.2. The summed E-state index contributed by atoms with van der Waals surface area (Å²) in [5.74, 6) is 0.726. The minimum atomic E-state index is -0.260. The molecule has 0 aliphatic heterocycles. The molecule has 0 saturated heterocycles. The fourth-order valence-corrected chi connectivity index (χ4v) is 4.25. The van der Waals surface area contributed by atoms with Gasteiger partial charge in [-0.2, -0.15) is 0 Å². The number of para-hydroxylation sites is 1. The number of nitrogens with zero attached hydrogens (tertiary/aromatic N) is 2. The van der Waals surface area contributed by atoms with Crippen LogP contribution < -0.4 is 20.1 Å². The molecule has 0 bridgehead atoms. The summed E-state index contributed by atoms with van der Waals surface area (Å²) >= 11 is 1.42. The molecule has 0 saturated carbocycles. The first-order valence-corrected chi connectivity index (χ1v) is 10.5.